The molecular weight excluding hydrogens is 287 g/mol. The van der Waals surface area contributed by atoms with Crippen LogP contribution in [0.25, 0.3) is 0 Å². The molecule has 21 heavy (non-hydrogen) atoms. The Balaban J connectivity index is 2.28. The van der Waals surface area contributed by atoms with Gasteiger partial charge in [0.25, 0.3) is 0 Å². The lowest BCUT2D eigenvalue weighted by atomic mass is 10.1. The third-order valence-corrected chi connectivity index (χ3v) is 2.63. The molecule has 7 heteroatoms. The summed E-state index contributed by atoms with van der Waals surface area (Å²) >= 11 is 0. The van der Waals surface area contributed by atoms with Gasteiger partial charge in [-0.15, -0.1) is 0 Å². The number of pyridine rings is 1. The second-order valence-electron chi connectivity index (χ2n) is 4.12. The fourth-order valence-corrected chi connectivity index (χ4v) is 1.65. The Bertz CT molecular complexity index is 642. The molecule has 1 N–H and O–H groups in total. The summed E-state index contributed by atoms with van der Waals surface area (Å²) in [5.74, 6) is -1.87. The van der Waals surface area contributed by atoms with Gasteiger partial charge in [-0.1, -0.05) is 6.07 Å². The van der Waals surface area contributed by atoms with Gasteiger partial charge in [0.2, 0.25) is 0 Å². The lowest BCUT2D eigenvalue weighted by Gasteiger charge is -2.14. The predicted octanol–water partition coefficient (Wildman–Crippen LogP) is 3.38. The molecule has 0 saturated heterocycles. The van der Waals surface area contributed by atoms with Crippen molar-refractivity contribution >= 4 is 5.97 Å². The highest BCUT2D eigenvalue weighted by molar-refractivity contribution is 5.88. The molecule has 0 saturated carbocycles. The molecule has 0 fully saturated rings. The highest BCUT2D eigenvalue weighted by Gasteiger charge is 2.35. The van der Waals surface area contributed by atoms with E-state index < -0.39 is 29.0 Å². The minimum absolute atomic E-state index is 0.143. The van der Waals surface area contributed by atoms with E-state index in [-0.39, 0.29) is 6.61 Å². The van der Waals surface area contributed by atoms with E-state index in [0.717, 1.165) is 12.1 Å². The van der Waals surface area contributed by atoms with Crippen LogP contribution in [-0.4, -0.2) is 16.1 Å². The van der Waals surface area contributed by atoms with Crippen molar-refractivity contribution in [1.29, 1.82) is 0 Å². The summed E-state index contributed by atoms with van der Waals surface area (Å²) in [6.45, 7) is -0.143. The summed E-state index contributed by atoms with van der Waals surface area (Å²) in [5.41, 5.74) is -1.11. The van der Waals surface area contributed by atoms with E-state index in [1.165, 1.54) is 6.20 Å². The van der Waals surface area contributed by atoms with Crippen molar-refractivity contribution in [3.63, 3.8) is 0 Å². The van der Waals surface area contributed by atoms with Crippen molar-refractivity contribution in [2.24, 2.45) is 0 Å². The van der Waals surface area contributed by atoms with Gasteiger partial charge in [-0.05, 0) is 30.3 Å². The van der Waals surface area contributed by atoms with Gasteiger partial charge in [0.1, 0.15) is 12.4 Å². The Morgan fingerprint density at radius 1 is 1.24 bits per heavy atom. The number of aromatic nitrogens is 1. The highest BCUT2D eigenvalue weighted by Crippen LogP contribution is 2.37. The minimum Gasteiger partial charge on any atom is -0.487 e. The van der Waals surface area contributed by atoms with Gasteiger partial charge >= 0.3 is 12.1 Å². The van der Waals surface area contributed by atoms with Crippen molar-refractivity contribution in [2.75, 3.05) is 0 Å². The van der Waals surface area contributed by atoms with Crippen LogP contribution in [-0.2, 0) is 12.8 Å². The number of carboxylic acids is 1. The largest absolute Gasteiger partial charge is 0.487 e. The Morgan fingerprint density at radius 2 is 2.00 bits per heavy atom. The lowest BCUT2D eigenvalue weighted by molar-refractivity contribution is -0.139. The van der Waals surface area contributed by atoms with Crippen molar-refractivity contribution < 1.29 is 27.8 Å². The first-order chi connectivity index (χ1) is 9.88. The molecule has 0 spiro atoms. The Hall–Kier alpha value is -2.57. The topological polar surface area (TPSA) is 59.4 Å². The normalized spacial score (nSPS) is 11.2. The second-order valence-corrected chi connectivity index (χ2v) is 4.12. The first-order valence-corrected chi connectivity index (χ1v) is 5.85. The van der Waals surface area contributed by atoms with Gasteiger partial charge in [-0.2, -0.15) is 13.2 Å². The minimum atomic E-state index is -4.70. The standard InChI is InChI=1S/C14H10F3NO3/c15-14(16,17)11-7-9(13(19)20)4-5-12(11)21-8-10-3-1-2-6-18-10/h1-7H,8H2,(H,19,20). The lowest BCUT2D eigenvalue weighted by Crippen LogP contribution is -2.11. The van der Waals surface area contributed by atoms with E-state index in [2.05, 4.69) is 4.98 Å². The molecule has 1 heterocycles. The number of alkyl halides is 3. The molecule has 0 aliphatic rings. The Labute approximate surface area is 117 Å². The zero-order chi connectivity index (χ0) is 15.5. The number of benzene rings is 1. The van der Waals surface area contributed by atoms with Crippen LogP contribution in [0.4, 0.5) is 13.2 Å². The predicted molar refractivity (Wildman–Crippen MR) is 67.0 cm³/mol. The number of carbonyl (C=O) groups is 1. The monoisotopic (exact) mass is 297 g/mol. The Kier molecular flexibility index (Phi) is 4.11. The summed E-state index contributed by atoms with van der Waals surface area (Å²) in [4.78, 5) is 14.7. The molecule has 2 aromatic rings. The van der Waals surface area contributed by atoms with E-state index in [1.807, 2.05) is 0 Å². The van der Waals surface area contributed by atoms with Crippen molar-refractivity contribution in [3.8, 4) is 5.75 Å². The van der Waals surface area contributed by atoms with E-state index in [9.17, 15) is 18.0 Å². The second kappa shape index (κ2) is 5.82. The number of hydrogen-bond donors (Lipinski definition) is 1. The Morgan fingerprint density at radius 3 is 2.57 bits per heavy atom. The molecular formula is C14H10F3NO3. The molecule has 1 aromatic heterocycles. The summed E-state index contributed by atoms with van der Waals surface area (Å²) in [6, 6.07) is 7.58. The SMILES string of the molecule is O=C(O)c1ccc(OCc2ccccn2)c(C(F)(F)F)c1. The number of aromatic carboxylic acids is 1. The van der Waals surface area contributed by atoms with Gasteiger partial charge in [-0.3, -0.25) is 4.98 Å². The zero-order valence-corrected chi connectivity index (χ0v) is 10.6. The average Bonchev–Trinajstić information content (AvgIpc) is 2.45. The molecule has 0 radical (unpaired) electrons. The third-order valence-electron chi connectivity index (χ3n) is 2.63. The van der Waals surface area contributed by atoms with Crippen LogP contribution in [0.1, 0.15) is 21.6 Å². The molecule has 0 bridgehead atoms. The maximum absolute atomic E-state index is 12.9. The molecule has 0 unspecified atom stereocenters. The average molecular weight is 297 g/mol. The zero-order valence-electron chi connectivity index (χ0n) is 10.6. The summed E-state index contributed by atoms with van der Waals surface area (Å²) in [6.07, 6.45) is -3.21. The van der Waals surface area contributed by atoms with Crippen molar-refractivity contribution in [1.82, 2.24) is 4.98 Å². The van der Waals surface area contributed by atoms with Gasteiger partial charge in [0.05, 0.1) is 16.8 Å². The molecule has 0 atom stereocenters. The summed E-state index contributed by atoms with van der Waals surface area (Å²) in [5, 5.41) is 8.76. The number of hydrogen-bond acceptors (Lipinski definition) is 3. The summed E-state index contributed by atoms with van der Waals surface area (Å²) in [7, 11) is 0. The van der Waals surface area contributed by atoms with Gasteiger partial charge in [0.15, 0.2) is 0 Å². The van der Waals surface area contributed by atoms with Gasteiger partial charge in [-0.25, -0.2) is 4.79 Å². The van der Waals surface area contributed by atoms with Gasteiger partial charge in [0, 0.05) is 6.20 Å². The van der Waals surface area contributed by atoms with Crippen LogP contribution in [0.2, 0.25) is 0 Å². The molecule has 0 aliphatic carbocycles. The fraction of sp³-hybridized carbons (Fsp3) is 0.143. The van der Waals surface area contributed by atoms with E-state index >= 15 is 0 Å². The molecule has 0 aliphatic heterocycles. The first kappa shape index (κ1) is 14.8. The smallest absolute Gasteiger partial charge is 0.419 e. The molecule has 110 valence electrons. The molecule has 4 nitrogen and oxygen atoms in total. The maximum atomic E-state index is 12.9. The van der Waals surface area contributed by atoms with Crippen LogP contribution in [0.5, 0.6) is 5.75 Å². The highest BCUT2D eigenvalue weighted by atomic mass is 19.4. The number of carboxylic acid groups (broad SMARTS) is 1. The van der Waals surface area contributed by atoms with E-state index in [4.69, 9.17) is 9.84 Å². The van der Waals surface area contributed by atoms with Crippen LogP contribution in [0.3, 0.4) is 0 Å². The maximum Gasteiger partial charge on any atom is 0.419 e. The molecule has 0 amide bonds. The van der Waals surface area contributed by atoms with Crippen LogP contribution in [0.15, 0.2) is 42.6 Å². The van der Waals surface area contributed by atoms with Crippen molar-refractivity contribution in [2.45, 2.75) is 12.8 Å². The van der Waals surface area contributed by atoms with E-state index in [0.29, 0.717) is 11.8 Å². The van der Waals surface area contributed by atoms with Crippen LogP contribution >= 0.6 is 0 Å². The summed E-state index contributed by atoms with van der Waals surface area (Å²) < 4.78 is 43.9. The third kappa shape index (κ3) is 3.71. The van der Waals surface area contributed by atoms with Crippen LogP contribution < -0.4 is 4.74 Å². The number of ether oxygens (including phenoxy) is 1. The van der Waals surface area contributed by atoms with Crippen LogP contribution in [0, 0.1) is 0 Å². The van der Waals surface area contributed by atoms with E-state index in [1.54, 1.807) is 18.2 Å². The van der Waals surface area contributed by atoms with Gasteiger partial charge < -0.3 is 9.84 Å². The number of nitrogens with zero attached hydrogens (tertiary/aromatic N) is 1. The molecule has 1 aromatic carbocycles. The first-order valence-electron chi connectivity index (χ1n) is 5.85. The quantitative estimate of drug-likeness (QED) is 0.940. The molecule has 2 rings (SSSR count). The van der Waals surface area contributed by atoms with Crippen molar-refractivity contribution in [3.05, 3.63) is 59.4 Å². The number of rotatable bonds is 4. The number of halogens is 3. The fourth-order valence-electron chi connectivity index (χ4n) is 1.65.